The highest BCUT2D eigenvalue weighted by atomic mass is 16.7. The number of carbonyl (C=O) groups is 2. The van der Waals surface area contributed by atoms with E-state index < -0.39 is 12.1 Å². The summed E-state index contributed by atoms with van der Waals surface area (Å²) in [5.74, 6) is 1.01. The van der Waals surface area contributed by atoms with Gasteiger partial charge in [0.05, 0.1) is 6.04 Å². The smallest absolute Gasteiger partial charge is 0.410 e. The van der Waals surface area contributed by atoms with Crippen LogP contribution in [0.1, 0.15) is 49.9 Å². The van der Waals surface area contributed by atoms with Gasteiger partial charge in [-0.2, -0.15) is 0 Å². The Bertz CT molecular complexity index is 685. The van der Waals surface area contributed by atoms with Gasteiger partial charge in [-0.25, -0.2) is 4.79 Å². The number of hydrogen-bond acceptors (Lipinski definition) is 6. The van der Waals surface area contributed by atoms with Gasteiger partial charge < -0.3 is 24.4 Å². The Balaban J connectivity index is 1.54. The van der Waals surface area contributed by atoms with E-state index in [2.05, 4.69) is 12.2 Å². The molecule has 1 aliphatic heterocycles. The standard InChI is InChI=1S/C20H28N2O5/c1-4-21-15-6-8-16(9-7-15)27-20(24)22(3)13(2)19(23)14-5-10-17-18(11-14)26-12-25-17/h5,10-11,13,15-16,21H,4,6-9,12H2,1-3H3. The van der Waals surface area contributed by atoms with E-state index in [1.165, 1.54) is 4.90 Å². The molecule has 1 saturated carbocycles. The van der Waals surface area contributed by atoms with E-state index in [1.807, 2.05) is 0 Å². The predicted octanol–water partition coefficient (Wildman–Crippen LogP) is 2.98. The van der Waals surface area contributed by atoms with E-state index in [0.29, 0.717) is 23.1 Å². The second-order valence-electron chi connectivity index (χ2n) is 7.13. The Labute approximate surface area is 160 Å². The minimum Gasteiger partial charge on any atom is -0.454 e. The second-order valence-corrected chi connectivity index (χ2v) is 7.13. The molecule has 1 atom stereocenters. The van der Waals surface area contributed by atoms with Gasteiger partial charge in [0.15, 0.2) is 17.3 Å². The first-order valence-electron chi connectivity index (χ1n) is 9.60. The van der Waals surface area contributed by atoms with Crippen LogP contribution in [0.2, 0.25) is 0 Å². The number of benzene rings is 1. The Morgan fingerprint density at radius 3 is 2.63 bits per heavy atom. The molecule has 1 aromatic rings. The van der Waals surface area contributed by atoms with Crippen LogP contribution in [0.5, 0.6) is 11.5 Å². The largest absolute Gasteiger partial charge is 0.454 e. The number of carbonyl (C=O) groups excluding carboxylic acids is 2. The van der Waals surface area contributed by atoms with Crippen molar-refractivity contribution in [3.8, 4) is 11.5 Å². The fourth-order valence-electron chi connectivity index (χ4n) is 3.52. The normalized spacial score (nSPS) is 22.2. The quantitative estimate of drug-likeness (QED) is 0.769. The molecule has 0 saturated heterocycles. The molecule has 0 bridgehead atoms. The molecule has 2 aliphatic rings. The minimum absolute atomic E-state index is 0.0808. The van der Waals surface area contributed by atoms with Crippen LogP contribution in [0.15, 0.2) is 18.2 Å². The summed E-state index contributed by atoms with van der Waals surface area (Å²) in [6.07, 6.45) is 3.16. The lowest BCUT2D eigenvalue weighted by Crippen LogP contribution is -2.43. The molecular weight excluding hydrogens is 348 g/mol. The van der Waals surface area contributed by atoms with E-state index in [0.717, 1.165) is 32.2 Å². The highest BCUT2D eigenvalue weighted by Crippen LogP contribution is 2.33. The van der Waals surface area contributed by atoms with Crippen LogP contribution in [0, 0.1) is 0 Å². The first-order chi connectivity index (χ1) is 13.0. The lowest BCUT2D eigenvalue weighted by atomic mass is 9.93. The third kappa shape index (κ3) is 4.53. The molecule has 1 N–H and O–H groups in total. The summed E-state index contributed by atoms with van der Waals surface area (Å²) in [7, 11) is 1.60. The average Bonchev–Trinajstić information content (AvgIpc) is 3.15. The summed E-state index contributed by atoms with van der Waals surface area (Å²) in [6.45, 7) is 4.91. The predicted molar refractivity (Wildman–Crippen MR) is 100 cm³/mol. The number of amides is 1. The molecule has 0 aromatic heterocycles. The molecule has 1 aromatic carbocycles. The van der Waals surface area contributed by atoms with Crippen LogP contribution in [0.25, 0.3) is 0 Å². The van der Waals surface area contributed by atoms with E-state index in [4.69, 9.17) is 14.2 Å². The molecule has 1 amide bonds. The fourth-order valence-corrected chi connectivity index (χ4v) is 3.52. The van der Waals surface area contributed by atoms with Gasteiger partial charge in [-0.05, 0) is 57.4 Å². The van der Waals surface area contributed by atoms with Crippen LogP contribution in [0.3, 0.4) is 0 Å². The molecule has 1 heterocycles. The van der Waals surface area contributed by atoms with Crippen molar-refractivity contribution in [1.29, 1.82) is 0 Å². The van der Waals surface area contributed by atoms with Crippen LogP contribution < -0.4 is 14.8 Å². The number of fused-ring (bicyclic) bond motifs is 1. The van der Waals surface area contributed by atoms with Gasteiger partial charge in [-0.1, -0.05) is 6.92 Å². The number of Topliss-reactive ketones (excluding diaryl/α,β-unsaturated/α-hetero) is 1. The summed E-state index contributed by atoms with van der Waals surface area (Å²) >= 11 is 0. The molecule has 3 rings (SSSR count). The number of rotatable bonds is 6. The van der Waals surface area contributed by atoms with E-state index >= 15 is 0 Å². The Morgan fingerprint density at radius 2 is 1.93 bits per heavy atom. The van der Waals surface area contributed by atoms with Gasteiger partial charge in [0.2, 0.25) is 6.79 Å². The van der Waals surface area contributed by atoms with Gasteiger partial charge in [0.1, 0.15) is 6.10 Å². The molecule has 1 fully saturated rings. The SMILES string of the molecule is CCNC1CCC(OC(=O)N(C)C(C)C(=O)c2ccc3c(c2)OCO3)CC1. The average molecular weight is 376 g/mol. The Kier molecular flexibility index (Phi) is 6.21. The maximum atomic E-state index is 12.7. The number of nitrogens with zero attached hydrogens (tertiary/aromatic N) is 1. The molecule has 1 aliphatic carbocycles. The van der Waals surface area contributed by atoms with Crippen molar-refractivity contribution >= 4 is 11.9 Å². The third-order valence-corrected chi connectivity index (χ3v) is 5.34. The molecule has 7 heteroatoms. The molecule has 27 heavy (non-hydrogen) atoms. The van der Waals surface area contributed by atoms with Crippen molar-refractivity contribution in [2.24, 2.45) is 0 Å². The fraction of sp³-hybridized carbons (Fsp3) is 0.600. The number of likely N-dealkylation sites (N-methyl/N-ethyl adjacent to an activating group) is 1. The van der Waals surface area contributed by atoms with Gasteiger partial charge in [-0.3, -0.25) is 4.79 Å². The molecule has 0 radical (unpaired) electrons. The summed E-state index contributed by atoms with van der Waals surface area (Å²) in [4.78, 5) is 26.6. The third-order valence-electron chi connectivity index (χ3n) is 5.34. The van der Waals surface area contributed by atoms with Crippen LogP contribution >= 0.6 is 0 Å². The number of hydrogen-bond donors (Lipinski definition) is 1. The van der Waals surface area contributed by atoms with E-state index in [-0.39, 0.29) is 18.7 Å². The van der Waals surface area contributed by atoms with Crippen LogP contribution in [0.4, 0.5) is 4.79 Å². The number of ether oxygens (including phenoxy) is 3. The van der Waals surface area contributed by atoms with Crippen molar-refractivity contribution < 1.29 is 23.8 Å². The topological polar surface area (TPSA) is 77.1 Å². The zero-order valence-corrected chi connectivity index (χ0v) is 16.2. The molecule has 0 spiro atoms. The van der Waals surface area contributed by atoms with Crippen molar-refractivity contribution in [1.82, 2.24) is 10.2 Å². The number of ketones is 1. The maximum absolute atomic E-state index is 12.7. The van der Waals surface area contributed by atoms with E-state index in [9.17, 15) is 9.59 Å². The van der Waals surface area contributed by atoms with Gasteiger partial charge in [0.25, 0.3) is 0 Å². The maximum Gasteiger partial charge on any atom is 0.410 e. The molecule has 148 valence electrons. The van der Waals surface area contributed by atoms with Crippen LogP contribution in [-0.4, -0.2) is 55.3 Å². The summed E-state index contributed by atoms with van der Waals surface area (Å²) in [6, 6.07) is 4.93. The van der Waals surface area contributed by atoms with Gasteiger partial charge in [-0.15, -0.1) is 0 Å². The minimum atomic E-state index is -0.629. The second kappa shape index (κ2) is 8.61. The zero-order chi connectivity index (χ0) is 19.4. The van der Waals surface area contributed by atoms with Crippen molar-refractivity contribution in [2.75, 3.05) is 20.4 Å². The van der Waals surface area contributed by atoms with Crippen molar-refractivity contribution in [3.05, 3.63) is 23.8 Å². The van der Waals surface area contributed by atoms with Crippen molar-refractivity contribution in [3.63, 3.8) is 0 Å². The first kappa shape index (κ1) is 19.5. The lowest BCUT2D eigenvalue weighted by Gasteiger charge is -2.31. The van der Waals surface area contributed by atoms with Gasteiger partial charge >= 0.3 is 6.09 Å². The van der Waals surface area contributed by atoms with E-state index in [1.54, 1.807) is 32.2 Å². The summed E-state index contributed by atoms with van der Waals surface area (Å²) < 4.78 is 16.2. The highest BCUT2D eigenvalue weighted by molar-refractivity contribution is 6.01. The molecular formula is C20H28N2O5. The number of nitrogens with one attached hydrogen (secondary N) is 1. The Hall–Kier alpha value is -2.28. The molecule has 1 unspecified atom stereocenters. The Morgan fingerprint density at radius 1 is 1.22 bits per heavy atom. The highest BCUT2D eigenvalue weighted by Gasteiger charge is 2.29. The van der Waals surface area contributed by atoms with Crippen molar-refractivity contribution in [2.45, 2.75) is 57.7 Å². The van der Waals surface area contributed by atoms with Gasteiger partial charge in [0, 0.05) is 18.7 Å². The molecule has 7 nitrogen and oxygen atoms in total. The monoisotopic (exact) mass is 376 g/mol. The summed E-state index contributed by atoms with van der Waals surface area (Å²) in [5.41, 5.74) is 0.484. The lowest BCUT2D eigenvalue weighted by molar-refractivity contribution is 0.0381. The summed E-state index contributed by atoms with van der Waals surface area (Å²) in [5, 5.41) is 3.44. The zero-order valence-electron chi connectivity index (χ0n) is 16.2. The van der Waals surface area contributed by atoms with Crippen LogP contribution in [-0.2, 0) is 4.74 Å². The first-order valence-corrected chi connectivity index (χ1v) is 9.60.